The Morgan fingerprint density at radius 2 is 2.13 bits per heavy atom. The van der Waals surface area contributed by atoms with Crippen molar-refractivity contribution in [1.82, 2.24) is 0 Å². The second kappa shape index (κ2) is 5.76. The van der Waals surface area contributed by atoms with E-state index in [9.17, 15) is 0 Å². The van der Waals surface area contributed by atoms with E-state index in [0.29, 0.717) is 0 Å². The fourth-order valence-corrected chi connectivity index (χ4v) is 1.57. The van der Waals surface area contributed by atoms with E-state index in [2.05, 4.69) is 26.0 Å². The summed E-state index contributed by atoms with van der Waals surface area (Å²) in [4.78, 5) is 0. The molecule has 0 amide bonds. The minimum absolute atomic E-state index is 0.177. The first-order chi connectivity index (χ1) is 7.13. The Bertz CT molecular complexity index is 307. The second-order valence-corrected chi connectivity index (χ2v) is 4.14. The van der Waals surface area contributed by atoms with Crippen molar-refractivity contribution >= 4 is 0 Å². The van der Waals surface area contributed by atoms with Crippen LogP contribution in [0.3, 0.4) is 0 Å². The van der Waals surface area contributed by atoms with E-state index >= 15 is 0 Å². The van der Waals surface area contributed by atoms with Crippen molar-refractivity contribution in [2.75, 3.05) is 6.61 Å². The normalized spacial score (nSPS) is 12.5. The topological polar surface area (TPSA) is 35.2 Å². The molecule has 2 N–H and O–H groups in total. The number of benzene rings is 1. The number of ether oxygens (including phenoxy) is 1. The van der Waals surface area contributed by atoms with Gasteiger partial charge in [-0.05, 0) is 38.3 Å². The Morgan fingerprint density at radius 3 is 2.73 bits per heavy atom. The molecule has 0 aromatic heterocycles. The van der Waals surface area contributed by atoms with Crippen LogP contribution in [0.1, 0.15) is 31.4 Å². The van der Waals surface area contributed by atoms with Gasteiger partial charge in [0.1, 0.15) is 5.75 Å². The molecular weight excluding hydrogens is 186 g/mol. The van der Waals surface area contributed by atoms with E-state index in [4.69, 9.17) is 10.5 Å². The minimum atomic E-state index is 0.177. The lowest BCUT2D eigenvalue weighted by atomic mass is 10.0. The third-order valence-electron chi connectivity index (χ3n) is 2.22. The largest absolute Gasteiger partial charge is 0.493 e. The summed E-state index contributed by atoms with van der Waals surface area (Å²) in [6.07, 6.45) is 1.91. The maximum absolute atomic E-state index is 5.82. The lowest BCUT2D eigenvalue weighted by Gasteiger charge is -2.13. The predicted octanol–water partition coefficient (Wildman–Crippen LogP) is 2.67. The van der Waals surface area contributed by atoms with Crippen molar-refractivity contribution < 1.29 is 4.74 Å². The highest BCUT2D eigenvalue weighted by atomic mass is 16.5. The van der Waals surface area contributed by atoms with Crippen LogP contribution in [0.25, 0.3) is 0 Å². The number of hydrogen-bond acceptors (Lipinski definition) is 2. The molecule has 2 heteroatoms. The summed E-state index contributed by atoms with van der Waals surface area (Å²) in [7, 11) is 0. The molecule has 1 atom stereocenters. The van der Waals surface area contributed by atoms with Crippen LogP contribution in [0.2, 0.25) is 0 Å². The van der Waals surface area contributed by atoms with E-state index in [1.54, 1.807) is 0 Å². The van der Waals surface area contributed by atoms with Crippen LogP contribution in [0.15, 0.2) is 18.2 Å². The summed E-state index contributed by atoms with van der Waals surface area (Å²) in [6.45, 7) is 6.99. The van der Waals surface area contributed by atoms with Crippen molar-refractivity contribution in [2.45, 2.75) is 39.7 Å². The number of hydrogen-bond donors (Lipinski definition) is 1. The quantitative estimate of drug-likeness (QED) is 0.805. The number of aryl methyl sites for hydroxylation is 1. The average Bonchev–Trinajstić information content (AvgIpc) is 2.16. The van der Waals surface area contributed by atoms with Gasteiger partial charge in [-0.2, -0.15) is 0 Å². The van der Waals surface area contributed by atoms with Crippen LogP contribution < -0.4 is 10.5 Å². The van der Waals surface area contributed by atoms with Gasteiger partial charge in [0, 0.05) is 6.04 Å². The molecule has 1 rings (SSSR count). The van der Waals surface area contributed by atoms with Crippen LogP contribution in [-0.4, -0.2) is 12.6 Å². The summed E-state index contributed by atoms with van der Waals surface area (Å²) >= 11 is 0. The van der Waals surface area contributed by atoms with Gasteiger partial charge in [-0.25, -0.2) is 0 Å². The predicted molar refractivity (Wildman–Crippen MR) is 64.3 cm³/mol. The molecule has 0 saturated carbocycles. The SMILES string of the molecule is CCCOc1ccc(C)cc1CC(C)N. The Balaban J connectivity index is 2.82. The summed E-state index contributed by atoms with van der Waals surface area (Å²) in [6, 6.07) is 6.46. The van der Waals surface area contributed by atoms with Gasteiger partial charge < -0.3 is 10.5 Å². The van der Waals surface area contributed by atoms with E-state index in [1.165, 1.54) is 11.1 Å². The van der Waals surface area contributed by atoms with Crippen molar-refractivity contribution in [3.05, 3.63) is 29.3 Å². The molecule has 0 spiro atoms. The molecule has 1 unspecified atom stereocenters. The van der Waals surface area contributed by atoms with Crippen molar-refractivity contribution in [2.24, 2.45) is 5.73 Å². The highest BCUT2D eigenvalue weighted by Gasteiger charge is 2.06. The maximum atomic E-state index is 5.82. The average molecular weight is 207 g/mol. The maximum Gasteiger partial charge on any atom is 0.122 e. The van der Waals surface area contributed by atoms with Gasteiger partial charge >= 0.3 is 0 Å². The molecule has 0 aliphatic rings. The van der Waals surface area contributed by atoms with Crippen LogP contribution in [-0.2, 0) is 6.42 Å². The summed E-state index contributed by atoms with van der Waals surface area (Å²) in [5, 5.41) is 0. The molecule has 2 nitrogen and oxygen atoms in total. The standard InChI is InChI=1S/C13H21NO/c1-4-7-15-13-6-5-10(2)8-12(13)9-11(3)14/h5-6,8,11H,4,7,9,14H2,1-3H3. The lowest BCUT2D eigenvalue weighted by molar-refractivity contribution is 0.313. The zero-order chi connectivity index (χ0) is 11.3. The second-order valence-electron chi connectivity index (χ2n) is 4.14. The van der Waals surface area contributed by atoms with Crippen molar-refractivity contribution in [1.29, 1.82) is 0 Å². The van der Waals surface area contributed by atoms with Gasteiger partial charge in [-0.15, -0.1) is 0 Å². The third-order valence-corrected chi connectivity index (χ3v) is 2.22. The molecule has 0 bridgehead atoms. The fourth-order valence-electron chi connectivity index (χ4n) is 1.57. The molecule has 15 heavy (non-hydrogen) atoms. The highest BCUT2D eigenvalue weighted by Crippen LogP contribution is 2.21. The smallest absolute Gasteiger partial charge is 0.122 e. The van der Waals surface area contributed by atoms with Crippen LogP contribution >= 0.6 is 0 Å². The first-order valence-electron chi connectivity index (χ1n) is 5.61. The van der Waals surface area contributed by atoms with Crippen molar-refractivity contribution in [3.63, 3.8) is 0 Å². The van der Waals surface area contributed by atoms with E-state index in [-0.39, 0.29) is 6.04 Å². The van der Waals surface area contributed by atoms with Gasteiger partial charge in [0.25, 0.3) is 0 Å². The van der Waals surface area contributed by atoms with Gasteiger partial charge in [0.05, 0.1) is 6.61 Å². The molecule has 0 aliphatic carbocycles. The first kappa shape index (κ1) is 12.1. The van der Waals surface area contributed by atoms with E-state index < -0.39 is 0 Å². The first-order valence-corrected chi connectivity index (χ1v) is 5.61. The van der Waals surface area contributed by atoms with Crippen molar-refractivity contribution in [3.8, 4) is 5.75 Å². The molecular formula is C13H21NO. The summed E-state index contributed by atoms with van der Waals surface area (Å²) in [5.41, 5.74) is 8.30. The zero-order valence-electron chi connectivity index (χ0n) is 9.92. The third kappa shape index (κ3) is 3.92. The molecule has 0 fully saturated rings. The Kier molecular flexibility index (Phi) is 4.63. The zero-order valence-corrected chi connectivity index (χ0v) is 9.92. The number of rotatable bonds is 5. The Labute approximate surface area is 92.4 Å². The molecule has 1 aromatic carbocycles. The van der Waals surface area contributed by atoms with Gasteiger partial charge in [0.15, 0.2) is 0 Å². The highest BCUT2D eigenvalue weighted by molar-refractivity contribution is 5.37. The minimum Gasteiger partial charge on any atom is -0.493 e. The summed E-state index contributed by atoms with van der Waals surface area (Å²) < 4.78 is 5.69. The number of nitrogens with two attached hydrogens (primary N) is 1. The van der Waals surface area contributed by atoms with Crippen LogP contribution in [0, 0.1) is 6.92 Å². The monoisotopic (exact) mass is 207 g/mol. The van der Waals surface area contributed by atoms with E-state index in [0.717, 1.165) is 25.2 Å². The van der Waals surface area contributed by atoms with Gasteiger partial charge in [-0.3, -0.25) is 0 Å². The Hall–Kier alpha value is -1.02. The van der Waals surface area contributed by atoms with Gasteiger partial charge in [0.2, 0.25) is 0 Å². The lowest BCUT2D eigenvalue weighted by Crippen LogP contribution is -2.18. The van der Waals surface area contributed by atoms with Crippen LogP contribution in [0.4, 0.5) is 0 Å². The molecule has 84 valence electrons. The molecule has 0 saturated heterocycles. The molecule has 0 heterocycles. The molecule has 1 aromatic rings. The van der Waals surface area contributed by atoms with Crippen LogP contribution in [0.5, 0.6) is 5.75 Å². The summed E-state index contributed by atoms with van der Waals surface area (Å²) in [5.74, 6) is 0.986. The molecule has 0 aliphatic heterocycles. The fraction of sp³-hybridized carbons (Fsp3) is 0.538. The van der Waals surface area contributed by atoms with E-state index in [1.807, 2.05) is 13.0 Å². The molecule has 0 radical (unpaired) electrons. The Morgan fingerprint density at radius 1 is 1.40 bits per heavy atom. The van der Waals surface area contributed by atoms with Gasteiger partial charge in [-0.1, -0.05) is 24.6 Å².